The lowest BCUT2D eigenvalue weighted by Crippen LogP contribution is -2.49. The quantitative estimate of drug-likeness (QED) is 0.454. The first-order chi connectivity index (χ1) is 10.2. The van der Waals surface area contributed by atoms with Crippen LogP contribution in [0.5, 0.6) is 0 Å². The number of thiocarbonyl (C=S) groups is 1. The molecule has 0 saturated carbocycles. The lowest BCUT2D eigenvalue weighted by Gasteiger charge is -2.22. The number of urea groups is 1. The Kier molecular flexibility index (Phi) is 4.26. The number of hydrogen-bond donors (Lipinski definition) is 3. The topological polar surface area (TPSA) is 98.6 Å². The molecule has 1 atom stereocenters. The van der Waals surface area contributed by atoms with Crippen LogP contribution in [0.25, 0.3) is 0 Å². The van der Waals surface area contributed by atoms with Crippen molar-refractivity contribution in [3.05, 3.63) is 12.2 Å². The zero-order valence-electron chi connectivity index (χ0n) is 12.4. The Labute approximate surface area is 137 Å². The Morgan fingerprint density at radius 2 is 1.86 bits per heavy atom. The molecule has 22 heavy (non-hydrogen) atoms. The highest BCUT2D eigenvalue weighted by atomic mass is 32.1. The van der Waals surface area contributed by atoms with Crippen LogP contribution in [0.4, 0.5) is 9.59 Å². The first-order valence-electron chi connectivity index (χ1n) is 6.13. The van der Waals surface area contributed by atoms with Crippen molar-refractivity contribution in [3.63, 3.8) is 0 Å². The minimum atomic E-state index is -1.29. The van der Waals surface area contributed by atoms with Gasteiger partial charge in [0.2, 0.25) is 10.8 Å². The maximum atomic E-state index is 12.0. The highest BCUT2D eigenvalue weighted by molar-refractivity contribution is 7.82. The summed E-state index contributed by atoms with van der Waals surface area (Å²) in [5.41, 5.74) is 2.79. The molecule has 1 aliphatic heterocycles. The van der Waals surface area contributed by atoms with Crippen LogP contribution in [-0.2, 0) is 4.99 Å². The highest BCUT2D eigenvalue weighted by Crippen LogP contribution is 2.24. The third-order valence-electron chi connectivity index (χ3n) is 2.73. The maximum Gasteiger partial charge on any atom is 0.345 e. The lowest BCUT2D eigenvalue weighted by molar-refractivity contribution is 0.178. The lowest BCUT2D eigenvalue weighted by atomic mass is 10.5. The van der Waals surface area contributed by atoms with Gasteiger partial charge in [0, 0.05) is 28.2 Å². The normalized spacial score (nSPS) is 20.8. The fourth-order valence-corrected chi connectivity index (χ4v) is 2.28. The van der Waals surface area contributed by atoms with Gasteiger partial charge in [-0.2, -0.15) is 15.1 Å². The summed E-state index contributed by atoms with van der Waals surface area (Å²) in [4.78, 5) is 29.3. The molecule has 0 spiro atoms. The van der Waals surface area contributed by atoms with Crippen LogP contribution in [0.2, 0.25) is 0 Å². The third-order valence-corrected chi connectivity index (χ3v) is 3.43. The van der Waals surface area contributed by atoms with E-state index >= 15 is 0 Å². The van der Waals surface area contributed by atoms with E-state index < -0.39 is 4.99 Å². The second-order valence-electron chi connectivity index (χ2n) is 4.95. The third kappa shape index (κ3) is 2.84. The molecule has 1 fully saturated rings. The molecule has 1 aromatic heterocycles. The van der Waals surface area contributed by atoms with E-state index in [1.807, 2.05) is 0 Å². The van der Waals surface area contributed by atoms with Crippen molar-refractivity contribution in [2.24, 2.45) is 0 Å². The molecule has 0 bridgehead atoms. The molecule has 2 heterocycles. The second kappa shape index (κ2) is 5.70. The number of carbonyl (C=O) groups is 2. The van der Waals surface area contributed by atoms with Gasteiger partial charge in [-0.15, -0.1) is 17.7 Å². The second-order valence-corrected chi connectivity index (χ2v) is 6.01. The number of amides is 3. The SMILES string of the molecule is CN(C)C(=O)N1NC(S)(c2ncn(C(=O)N(C)C)n2)NC1=S. The van der Waals surface area contributed by atoms with E-state index in [4.69, 9.17) is 12.2 Å². The van der Waals surface area contributed by atoms with Crippen LogP contribution in [0.1, 0.15) is 5.82 Å². The van der Waals surface area contributed by atoms with Crippen molar-refractivity contribution in [1.82, 2.24) is 40.3 Å². The van der Waals surface area contributed by atoms with Crippen LogP contribution in [0.15, 0.2) is 6.33 Å². The van der Waals surface area contributed by atoms with Crippen LogP contribution in [0, 0.1) is 0 Å². The number of carbonyl (C=O) groups excluding carboxylic acids is 2. The van der Waals surface area contributed by atoms with Crippen molar-refractivity contribution >= 4 is 42.0 Å². The van der Waals surface area contributed by atoms with E-state index in [0.29, 0.717) is 0 Å². The zero-order chi connectivity index (χ0) is 16.7. The summed E-state index contributed by atoms with van der Waals surface area (Å²) >= 11 is 9.50. The van der Waals surface area contributed by atoms with Gasteiger partial charge in [0.25, 0.3) is 0 Å². The van der Waals surface area contributed by atoms with Crippen LogP contribution >= 0.6 is 24.8 Å². The van der Waals surface area contributed by atoms with Gasteiger partial charge in [0.1, 0.15) is 6.33 Å². The van der Waals surface area contributed by atoms with Gasteiger partial charge in [-0.3, -0.25) is 0 Å². The molecule has 2 rings (SSSR count). The molecule has 0 aliphatic carbocycles. The van der Waals surface area contributed by atoms with E-state index in [1.165, 1.54) is 16.1 Å². The number of thiol groups is 1. The standard InChI is InChI=1S/C10H16N8O2S2/c1-15(2)8(19)17-5-11-6(13-17)10(22)12-7(21)18(14-10)9(20)16(3)4/h5,14,22H,1-4H3,(H,12,21). The largest absolute Gasteiger partial charge is 0.345 e. The first-order valence-corrected chi connectivity index (χ1v) is 6.99. The molecule has 0 radical (unpaired) electrons. The van der Waals surface area contributed by atoms with E-state index in [1.54, 1.807) is 28.2 Å². The number of nitrogens with one attached hydrogen (secondary N) is 2. The molecule has 10 nitrogen and oxygen atoms in total. The molecular weight excluding hydrogens is 328 g/mol. The zero-order valence-corrected chi connectivity index (χ0v) is 14.1. The van der Waals surface area contributed by atoms with E-state index in [-0.39, 0.29) is 23.0 Å². The van der Waals surface area contributed by atoms with Crippen LogP contribution in [0.3, 0.4) is 0 Å². The molecule has 3 amide bonds. The molecule has 1 aromatic rings. The summed E-state index contributed by atoms with van der Waals surface area (Å²) in [7, 11) is 6.37. The maximum absolute atomic E-state index is 12.0. The Balaban J connectivity index is 2.24. The number of rotatable bonds is 1. The van der Waals surface area contributed by atoms with Gasteiger partial charge in [0.15, 0.2) is 5.11 Å². The number of nitrogens with zero attached hydrogens (tertiary/aromatic N) is 6. The first kappa shape index (κ1) is 16.5. The fraction of sp³-hybridized carbons (Fsp3) is 0.500. The summed E-state index contributed by atoms with van der Waals surface area (Å²) in [6, 6.07) is -0.741. The smallest absolute Gasteiger partial charge is 0.329 e. The van der Waals surface area contributed by atoms with Gasteiger partial charge < -0.3 is 15.1 Å². The molecule has 1 aliphatic rings. The molecule has 0 aromatic carbocycles. The van der Waals surface area contributed by atoms with E-state index in [0.717, 1.165) is 9.69 Å². The molecule has 12 heteroatoms. The summed E-state index contributed by atoms with van der Waals surface area (Å²) in [5.74, 6) is 0.155. The predicted octanol–water partition coefficient (Wildman–Crippen LogP) is -0.776. The number of hydrogen-bond acceptors (Lipinski definition) is 7. The summed E-state index contributed by atoms with van der Waals surface area (Å²) in [5, 5.41) is 8.12. The average Bonchev–Trinajstić information content (AvgIpc) is 3.02. The predicted molar refractivity (Wildman–Crippen MR) is 85.0 cm³/mol. The van der Waals surface area contributed by atoms with E-state index in [2.05, 4.69) is 33.5 Å². The number of hydrazine groups is 1. The summed E-state index contributed by atoms with van der Waals surface area (Å²) < 4.78 is 1.07. The molecule has 1 unspecified atom stereocenters. The Hall–Kier alpha value is -1.92. The van der Waals surface area contributed by atoms with Gasteiger partial charge in [-0.05, 0) is 12.2 Å². The van der Waals surface area contributed by atoms with Crippen molar-refractivity contribution in [2.75, 3.05) is 28.2 Å². The Bertz CT molecular complexity index is 630. The molecule has 1 saturated heterocycles. The van der Waals surface area contributed by atoms with Gasteiger partial charge in [-0.25, -0.2) is 14.6 Å². The molecule has 120 valence electrons. The monoisotopic (exact) mass is 344 g/mol. The van der Waals surface area contributed by atoms with Gasteiger partial charge in [0.05, 0.1) is 0 Å². The van der Waals surface area contributed by atoms with Crippen molar-refractivity contribution in [1.29, 1.82) is 0 Å². The minimum absolute atomic E-state index is 0.129. The van der Waals surface area contributed by atoms with E-state index in [9.17, 15) is 9.59 Å². The highest BCUT2D eigenvalue weighted by Gasteiger charge is 2.45. The van der Waals surface area contributed by atoms with Gasteiger partial charge >= 0.3 is 12.1 Å². The van der Waals surface area contributed by atoms with Crippen molar-refractivity contribution < 1.29 is 9.59 Å². The summed E-state index contributed by atoms with van der Waals surface area (Å²) in [6.07, 6.45) is 1.26. The minimum Gasteiger partial charge on any atom is -0.329 e. The molecular formula is C10H16N8O2S2. The average molecular weight is 344 g/mol. The Morgan fingerprint density at radius 3 is 2.41 bits per heavy atom. The molecule has 2 N–H and O–H groups in total. The van der Waals surface area contributed by atoms with Crippen molar-refractivity contribution in [2.45, 2.75) is 4.99 Å². The van der Waals surface area contributed by atoms with Crippen LogP contribution < -0.4 is 10.7 Å². The van der Waals surface area contributed by atoms with Crippen LogP contribution in [-0.4, -0.2) is 74.9 Å². The van der Waals surface area contributed by atoms with Crippen molar-refractivity contribution in [3.8, 4) is 0 Å². The number of aromatic nitrogens is 3. The Morgan fingerprint density at radius 1 is 1.27 bits per heavy atom. The van der Waals surface area contributed by atoms with Gasteiger partial charge in [-0.1, -0.05) is 0 Å². The summed E-state index contributed by atoms with van der Waals surface area (Å²) in [6.45, 7) is 0. The fourth-order valence-electron chi connectivity index (χ4n) is 1.62.